The number of amides is 1. The Bertz CT molecular complexity index is 256. The highest BCUT2D eigenvalue weighted by Gasteiger charge is 2.24. The molecule has 0 aromatic heterocycles. The first kappa shape index (κ1) is 15.9. The number of hydrogen-bond donors (Lipinski definition) is 4. The number of nitrogens with one attached hydrogen (secondary N) is 1. The van der Waals surface area contributed by atoms with Gasteiger partial charge in [0.1, 0.15) is 6.04 Å². The van der Waals surface area contributed by atoms with Crippen LogP contribution >= 0.6 is 0 Å². The van der Waals surface area contributed by atoms with Crippen LogP contribution in [0, 0.1) is 5.92 Å². The highest BCUT2D eigenvalue weighted by atomic mass is 16.4. The van der Waals surface area contributed by atoms with Crippen molar-refractivity contribution in [1.29, 1.82) is 0 Å². The largest absolute Gasteiger partial charge is 0.480 e. The van der Waals surface area contributed by atoms with Crippen molar-refractivity contribution in [3.05, 3.63) is 0 Å². The van der Waals surface area contributed by atoms with Crippen LogP contribution in [0.15, 0.2) is 0 Å². The molecule has 6 N–H and O–H groups in total. The molecule has 0 fully saturated rings. The van der Waals surface area contributed by atoms with E-state index in [4.69, 9.17) is 16.6 Å². The second kappa shape index (κ2) is 8.03. The highest BCUT2D eigenvalue weighted by molar-refractivity contribution is 5.86. The van der Waals surface area contributed by atoms with Gasteiger partial charge in [0.15, 0.2) is 0 Å². The monoisotopic (exact) mass is 245 g/mol. The Balaban J connectivity index is 4.25. The van der Waals surface area contributed by atoms with Crippen LogP contribution in [0.4, 0.5) is 0 Å². The van der Waals surface area contributed by atoms with Gasteiger partial charge in [0, 0.05) is 0 Å². The lowest BCUT2D eigenvalue weighted by molar-refractivity contribution is -0.142. The Labute approximate surface area is 102 Å². The molecule has 0 heterocycles. The number of hydrogen-bond acceptors (Lipinski definition) is 4. The van der Waals surface area contributed by atoms with Crippen molar-refractivity contribution in [2.45, 2.75) is 45.2 Å². The Kier molecular flexibility index (Phi) is 7.49. The summed E-state index contributed by atoms with van der Waals surface area (Å²) in [6, 6.07) is -1.55. The number of carbonyl (C=O) groups is 2. The average Bonchev–Trinajstić information content (AvgIpc) is 2.26. The minimum Gasteiger partial charge on any atom is -0.480 e. The minimum atomic E-state index is -1.04. The van der Waals surface area contributed by atoms with Crippen LogP contribution in [0.2, 0.25) is 0 Å². The van der Waals surface area contributed by atoms with E-state index in [1.165, 1.54) is 0 Å². The molecule has 0 unspecified atom stereocenters. The maximum atomic E-state index is 11.6. The van der Waals surface area contributed by atoms with Crippen molar-refractivity contribution in [3.8, 4) is 0 Å². The fourth-order valence-electron chi connectivity index (χ4n) is 1.32. The molecule has 2 atom stereocenters. The van der Waals surface area contributed by atoms with Gasteiger partial charge in [0.2, 0.25) is 5.91 Å². The van der Waals surface area contributed by atoms with Crippen molar-refractivity contribution in [2.24, 2.45) is 17.4 Å². The maximum Gasteiger partial charge on any atom is 0.326 e. The van der Waals surface area contributed by atoms with E-state index in [0.717, 1.165) is 6.42 Å². The van der Waals surface area contributed by atoms with Crippen LogP contribution in [-0.4, -0.2) is 35.6 Å². The van der Waals surface area contributed by atoms with Gasteiger partial charge in [-0.15, -0.1) is 0 Å². The van der Waals surface area contributed by atoms with Gasteiger partial charge in [-0.25, -0.2) is 4.79 Å². The summed E-state index contributed by atoms with van der Waals surface area (Å²) < 4.78 is 0. The number of nitrogens with two attached hydrogens (primary N) is 2. The molecule has 1 amide bonds. The van der Waals surface area contributed by atoms with Crippen LogP contribution in [0.5, 0.6) is 0 Å². The van der Waals surface area contributed by atoms with E-state index in [-0.39, 0.29) is 5.92 Å². The summed E-state index contributed by atoms with van der Waals surface area (Å²) >= 11 is 0. The van der Waals surface area contributed by atoms with Crippen LogP contribution in [0.25, 0.3) is 0 Å². The molecule has 0 aromatic carbocycles. The van der Waals surface area contributed by atoms with E-state index in [9.17, 15) is 9.59 Å². The van der Waals surface area contributed by atoms with Gasteiger partial charge in [-0.05, 0) is 31.7 Å². The molecular weight excluding hydrogens is 222 g/mol. The lowest BCUT2D eigenvalue weighted by Crippen LogP contribution is -2.50. The molecule has 0 aromatic rings. The van der Waals surface area contributed by atoms with Gasteiger partial charge >= 0.3 is 5.97 Å². The zero-order valence-corrected chi connectivity index (χ0v) is 10.5. The second-order valence-electron chi connectivity index (χ2n) is 4.45. The molecule has 6 nitrogen and oxygen atoms in total. The predicted molar refractivity (Wildman–Crippen MR) is 65.3 cm³/mol. The van der Waals surface area contributed by atoms with Gasteiger partial charge in [0.25, 0.3) is 0 Å². The number of rotatable bonds is 8. The fraction of sp³-hybridized carbons (Fsp3) is 0.818. The smallest absolute Gasteiger partial charge is 0.326 e. The Morgan fingerprint density at radius 1 is 1.29 bits per heavy atom. The van der Waals surface area contributed by atoms with Crippen molar-refractivity contribution >= 4 is 11.9 Å². The van der Waals surface area contributed by atoms with Gasteiger partial charge in [0.05, 0.1) is 6.04 Å². The summed E-state index contributed by atoms with van der Waals surface area (Å²) in [4.78, 5) is 22.5. The van der Waals surface area contributed by atoms with Crippen molar-refractivity contribution in [3.63, 3.8) is 0 Å². The third-order valence-electron chi connectivity index (χ3n) is 2.58. The Morgan fingerprint density at radius 2 is 1.88 bits per heavy atom. The summed E-state index contributed by atoms with van der Waals surface area (Å²) in [6.07, 6.45) is 1.80. The lowest BCUT2D eigenvalue weighted by Gasteiger charge is -2.19. The molecule has 17 heavy (non-hydrogen) atoms. The quantitative estimate of drug-likeness (QED) is 0.437. The second-order valence-corrected chi connectivity index (χ2v) is 4.45. The molecule has 0 radical (unpaired) electrons. The minimum absolute atomic E-state index is 0.0199. The summed E-state index contributed by atoms with van der Waals surface area (Å²) in [5.41, 5.74) is 11.0. The molecule has 0 saturated heterocycles. The number of carbonyl (C=O) groups excluding carboxylic acids is 1. The van der Waals surface area contributed by atoms with Crippen molar-refractivity contribution in [2.75, 3.05) is 6.54 Å². The van der Waals surface area contributed by atoms with Crippen LogP contribution in [0.1, 0.15) is 33.1 Å². The van der Waals surface area contributed by atoms with Crippen LogP contribution in [0.3, 0.4) is 0 Å². The van der Waals surface area contributed by atoms with E-state index >= 15 is 0 Å². The van der Waals surface area contributed by atoms with Crippen molar-refractivity contribution < 1.29 is 14.7 Å². The SMILES string of the molecule is CC(C)[C@@H](N)C(=O)N[C@H](CCCCN)C(=O)O. The first-order valence-corrected chi connectivity index (χ1v) is 5.89. The fourth-order valence-corrected chi connectivity index (χ4v) is 1.32. The first-order valence-electron chi connectivity index (χ1n) is 5.89. The summed E-state index contributed by atoms with van der Waals surface area (Å²) in [7, 11) is 0. The summed E-state index contributed by atoms with van der Waals surface area (Å²) in [5.74, 6) is -1.47. The van der Waals surface area contributed by atoms with E-state index in [1.807, 2.05) is 13.8 Å². The number of unbranched alkanes of at least 4 members (excludes halogenated alkanes) is 1. The molecule has 0 aliphatic carbocycles. The molecule has 0 spiro atoms. The number of carboxylic acid groups (broad SMARTS) is 1. The molecule has 100 valence electrons. The zero-order chi connectivity index (χ0) is 13.4. The predicted octanol–water partition coefficient (Wildman–Crippen LogP) is -0.332. The van der Waals surface area contributed by atoms with Crippen molar-refractivity contribution in [1.82, 2.24) is 5.32 Å². The summed E-state index contributed by atoms with van der Waals surface area (Å²) in [5, 5.41) is 11.4. The highest BCUT2D eigenvalue weighted by Crippen LogP contribution is 2.03. The first-order chi connectivity index (χ1) is 7.90. The average molecular weight is 245 g/mol. The molecular formula is C11H23N3O3. The van der Waals surface area contributed by atoms with Gasteiger partial charge in [-0.1, -0.05) is 13.8 Å². The van der Waals surface area contributed by atoms with E-state index < -0.39 is 24.0 Å². The molecule has 0 aliphatic heterocycles. The third-order valence-corrected chi connectivity index (χ3v) is 2.58. The van der Waals surface area contributed by atoms with E-state index in [1.54, 1.807) is 0 Å². The number of aliphatic carboxylic acids is 1. The van der Waals surface area contributed by atoms with Gasteiger partial charge in [-0.3, -0.25) is 4.79 Å². The molecule has 6 heteroatoms. The number of carboxylic acids is 1. The Hall–Kier alpha value is -1.14. The molecule has 0 aliphatic rings. The molecule has 0 rings (SSSR count). The topological polar surface area (TPSA) is 118 Å². The van der Waals surface area contributed by atoms with Crippen LogP contribution < -0.4 is 16.8 Å². The van der Waals surface area contributed by atoms with Gasteiger partial charge in [-0.2, -0.15) is 0 Å². The normalized spacial score (nSPS) is 14.4. The zero-order valence-electron chi connectivity index (χ0n) is 10.5. The standard InChI is InChI=1S/C11H23N3O3/c1-7(2)9(13)10(15)14-8(11(16)17)5-3-4-6-12/h7-9H,3-6,12-13H2,1-2H3,(H,14,15)(H,16,17)/t8-,9-/m1/s1. The van der Waals surface area contributed by atoms with E-state index in [2.05, 4.69) is 5.32 Å². The Morgan fingerprint density at radius 3 is 2.29 bits per heavy atom. The summed E-state index contributed by atoms with van der Waals surface area (Å²) in [6.45, 7) is 4.15. The maximum absolute atomic E-state index is 11.6. The van der Waals surface area contributed by atoms with E-state index in [0.29, 0.717) is 19.4 Å². The van der Waals surface area contributed by atoms with Crippen LogP contribution in [-0.2, 0) is 9.59 Å². The van der Waals surface area contributed by atoms with Gasteiger partial charge < -0.3 is 21.9 Å². The molecule has 0 bridgehead atoms. The third kappa shape index (κ3) is 6.23. The molecule has 0 saturated carbocycles. The lowest BCUT2D eigenvalue weighted by atomic mass is 10.0.